The van der Waals surface area contributed by atoms with E-state index in [0.29, 0.717) is 0 Å². The van der Waals surface area contributed by atoms with Crippen LogP contribution in [0.15, 0.2) is 18.7 Å². The molecule has 0 saturated carbocycles. The van der Waals surface area contributed by atoms with E-state index in [1.54, 1.807) is 18.7 Å². The minimum Gasteiger partial charge on any atom is -0.398 e. The number of nitrogens with one attached hydrogen (secondary N) is 1. The Kier molecular flexibility index (Phi) is 54.2. The molecule has 1 rings (SSSR count). The zero-order chi connectivity index (χ0) is 25.0. The fraction of sp³-hybridized carbons (Fsp3) is 0. The molecule has 0 amide bonds. The molecule has 0 saturated heterocycles. The Morgan fingerprint density at radius 1 is 0.483 bits per heavy atom. The average molecular weight is 451 g/mol. The molecule has 29 heavy (non-hydrogen) atoms. The van der Waals surface area contributed by atoms with Crippen molar-refractivity contribution in [3.63, 3.8) is 0 Å². The van der Waals surface area contributed by atoms with Gasteiger partial charge >= 0.3 is 44.4 Å². The van der Waals surface area contributed by atoms with Crippen LogP contribution >= 0.6 is 0 Å². The first-order valence-electron chi connectivity index (χ1n) is 5.83. The van der Waals surface area contributed by atoms with Gasteiger partial charge in [-0.15, -0.1) is 0 Å². The first-order chi connectivity index (χ1) is 12.9. The van der Waals surface area contributed by atoms with E-state index in [4.69, 9.17) is 60.3 Å². The molecule has 1 aromatic rings. The van der Waals surface area contributed by atoms with E-state index in [1.807, 2.05) is 0 Å². The number of nitrogens with zero attached hydrogens (tertiary/aromatic N) is 1. The topological polar surface area (TPSA) is 271 Å². The lowest BCUT2D eigenvalue weighted by Gasteiger charge is -1.65. The van der Waals surface area contributed by atoms with Gasteiger partial charge in [0.05, 0.1) is 6.33 Å². The van der Waals surface area contributed by atoms with Crippen molar-refractivity contribution in [2.75, 3.05) is 0 Å². The van der Waals surface area contributed by atoms with Crippen molar-refractivity contribution in [3.8, 4) is 0 Å². The lowest BCUT2D eigenvalue weighted by molar-refractivity contribution is 0.338. The number of imidazole rings is 1. The monoisotopic (exact) mass is 452 g/mol. The summed E-state index contributed by atoms with van der Waals surface area (Å²) >= 11 is 0. The number of rotatable bonds is 0. The van der Waals surface area contributed by atoms with Crippen molar-refractivity contribution in [1.82, 2.24) is 9.97 Å². The van der Waals surface area contributed by atoms with E-state index in [9.17, 15) is 25.9 Å². The summed E-state index contributed by atoms with van der Waals surface area (Å²) in [4.78, 5) is 6.42. The highest BCUT2D eigenvalue weighted by molar-refractivity contribution is 6.32. The molecule has 13 N–H and O–H groups in total. The third-order valence-corrected chi connectivity index (χ3v) is 0.406. The van der Waals surface area contributed by atoms with Gasteiger partial charge in [-0.05, 0) is 0 Å². The number of halogens is 6. The highest BCUT2D eigenvalue weighted by Gasteiger charge is 1.99. The highest BCUT2D eigenvalue weighted by Crippen LogP contribution is 1.63. The highest BCUT2D eigenvalue weighted by atomic mass is 19.1. The molecule has 0 unspecified atom stereocenters. The number of hydrogen-bond donors (Lipinski definition) is 13. The van der Waals surface area contributed by atoms with Crippen molar-refractivity contribution in [1.29, 1.82) is 0 Å². The summed E-state index contributed by atoms with van der Waals surface area (Å²) in [5, 5.41) is 83.3. The molecule has 0 radical (unpaired) electrons. The molecule has 26 heteroatoms. The summed E-state index contributed by atoms with van der Waals surface area (Å²) in [6, 6.07) is 0. The normalized spacial score (nSPS) is 6.97. The Bertz CT molecular complexity index is 253. The summed E-state index contributed by atoms with van der Waals surface area (Å²) in [6.07, 6.45) is 5.08. The van der Waals surface area contributed by atoms with Crippen molar-refractivity contribution < 1.29 is 86.2 Å². The second-order valence-electron chi connectivity index (χ2n) is 2.62. The molecule has 170 valence electrons. The molecule has 0 atom stereocenters. The predicted molar refractivity (Wildman–Crippen MR) is 86.4 cm³/mol. The molecule has 0 aliphatic heterocycles. The summed E-state index contributed by atoms with van der Waals surface area (Å²) < 4.78 is 60.7. The van der Waals surface area contributed by atoms with E-state index in [0.717, 1.165) is 0 Å². The summed E-state index contributed by atoms with van der Waals surface area (Å²) in [5.41, 5.74) is 0. The van der Waals surface area contributed by atoms with Crippen LogP contribution in [0, 0.1) is 0 Å². The Hall–Kier alpha value is -1.30. The third-order valence-electron chi connectivity index (χ3n) is 0.406. The largest absolute Gasteiger partial charge is 0.674 e. The molecule has 0 aliphatic carbocycles. The van der Waals surface area contributed by atoms with Gasteiger partial charge in [0.1, 0.15) is 0 Å². The molecule has 0 aromatic carbocycles. The maximum Gasteiger partial charge on any atom is 0.674 e. The van der Waals surface area contributed by atoms with Crippen LogP contribution in [0.2, 0.25) is 0 Å². The van der Waals surface area contributed by atoms with E-state index in [1.165, 1.54) is 0 Å². The summed E-state index contributed by atoms with van der Waals surface area (Å²) in [7, 11) is -16.0. The van der Waals surface area contributed by atoms with Gasteiger partial charge in [-0.3, -0.25) is 25.9 Å². The van der Waals surface area contributed by atoms with Crippen LogP contribution in [-0.2, 0) is 0 Å². The van der Waals surface area contributed by atoms with Crippen LogP contribution in [-0.4, -0.2) is 115 Å². The minimum atomic E-state index is -2.67. The van der Waals surface area contributed by atoms with Gasteiger partial charge in [-0.2, -0.15) is 0 Å². The third kappa shape index (κ3) is 1190. The molecule has 1 heterocycles. The number of aromatic amines is 1. The first-order valence-corrected chi connectivity index (χ1v) is 5.83. The van der Waals surface area contributed by atoms with Gasteiger partial charge < -0.3 is 65.3 Å². The Labute approximate surface area is 160 Å². The molecule has 0 spiro atoms. The van der Waals surface area contributed by atoms with Crippen LogP contribution in [0.25, 0.3) is 0 Å². The standard InChI is InChI=1S/C3H4N2.6BFH2O2/c1-2-5-3-4-1;6*2-1(3)4/h1-3H,(H,4,5);6*3-4H. The van der Waals surface area contributed by atoms with E-state index < -0.39 is 44.4 Å². The predicted octanol–water partition coefficient (Wildman–Crippen LogP) is -6.04. The number of hydrogen-bond acceptors (Lipinski definition) is 13. The maximum atomic E-state index is 10.1. The fourth-order valence-electron chi connectivity index (χ4n) is 0.215. The Morgan fingerprint density at radius 2 is 0.655 bits per heavy atom. The molecule has 0 fully saturated rings. The van der Waals surface area contributed by atoms with Gasteiger partial charge in [-0.25, -0.2) is 4.98 Å². The van der Waals surface area contributed by atoms with E-state index in [2.05, 4.69) is 9.97 Å². The molecular formula is C3H16B6F6N2O12. The second-order valence-corrected chi connectivity index (χ2v) is 2.62. The Balaban J connectivity index is -0.0000000534. The quantitative estimate of drug-likeness (QED) is 0.129. The van der Waals surface area contributed by atoms with E-state index >= 15 is 0 Å². The van der Waals surface area contributed by atoms with Gasteiger partial charge in [0, 0.05) is 12.4 Å². The lowest BCUT2D eigenvalue weighted by Crippen LogP contribution is -1.98. The summed E-state index contributed by atoms with van der Waals surface area (Å²) in [6.45, 7) is 0. The maximum absolute atomic E-state index is 10.1. The number of H-pyrrole nitrogens is 1. The van der Waals surface area contributed by atoms with E-state index in [-0.39, 0.29) is 0 Å². The van der Waals surface area contributed by atoms with Gasteiger partial charge in [0.15, 0.2) is 0 Å². The zero-order valence-corrected chi connectivity index (χ0v) is 13.8. The molecule has 14 nitrogen and oxygen atoms in total. The minimum absolute atomic E-state index is 1.62. The summed E-state index contributed by atoms with van der Waals surface area (Å²) in [5.74, 6) is 0. The lowest BCUT2D eigenvalue weighted by atomic mass is 10.3. The second kappa shape index (κ2) is 37.5. The van der Waals surface area contributed by atoms with Crippen LogP contribution in [0.1, 0.15) is 0 Å². The molecular weight excluding hydrogens is 435 g/mol. The van der Waals surface area contributed by atoms with Gasteiger partial charge in [0.25, 0.3) is 0 Å². The number of aromatic nitrogens is 2. The zero-order valence-electron chi connectivity index (χ0n) is 13.8. The van der Waals surface area contributed by atoms with Crippen LogP contribution < -0.4 is 0 Å². The SMILES string of the molecule is OB(O)F.OB(O)F.OB(O)F.OB(O)F.OB(O)F.OB(O)F.c1c[nH]cn1. The van der Waals surface area contributed by atoms with Gasteiger partial charge in [0.2, 0.25) is 0 Å². The van der Waals surface area contributed by atoms with Crippen molar-refractivity contribution in [2.45, 2.75) is 0 Å². The van der Waals surface area contributed by atoms with Crippen molar-refractivity contribution in [2.24, 2.45) is 0 Å². The molecule has 0 aliphatic rings. The Morgan fingerprint density at radius 3 is 0.690 bits per heavy atom. The fourth-order valence-corrected chi connectivity index (χ4v) is 0.215. The van der Waals surface area contributed by atoms with Crippen molar-refractivity contribution >= 4 is 44.4 Å². The van der Waals surface area contributed by atoms with Crippen LogP contribution in [0.5, 0.6) is 0 Å². The first kappa shape index (κ1) is 41.9. The van der Waals surface area contributed by atoms with Crippen LogP contribution in [0.3, 0.4) is 0 Å². The molecule has 1 aromatic heterocycles. The van der Waals surface area contributed by atoms with Gasteiger partial charge in [-0.1, -0.05) is 0 Å². The average Bonchev–Trinajstić information content (AvgIpc) is 2.91. The smallest absolute Gasteiger partial charge is 0.398 e. The molecule has 0 bridgehead atoms. The van der Waals surface area contributed by atoms with Crippen LogP contribution in [0.4, 0.5) is 25.9 Å². The van der Waals surface area contributed by atoms with Crippen molar-refractivity contribution in [3.05, 3.63) is 18.7 Å².